The molecule has 1 aliphatic rings. The summed E-state index contributed by atoms with van der Waals surface area (Å²) in [6.07, 6.45) is 5.89. The summed E-state index contributed by atoms with van der Waals surface area (Å²) >= 11 is 0. The van der Waals surface area contributed by atoms with Gasteiger partial charge in [-0.05, 0) is 36.5 Å². The van der Waals surface area contributed by atoms with Crippen LogP contribution < -0.4 is 5.32 Å². The number of nitrogens with zero attached hydrogens (tertiary/aromatic N) is 1. The van der Waals surface area contributed by atoms with E-state index < -0.39 is 11.9 Å². The summed E-state index contributed by atoms with van der Waals surface area (Å²) in [7, 11) is 0. The number of carbonyl (C=O) groups is 2. The van der Waals surface area contributed by atoms with Crippen molar-refractivity contribution >= 4 is 11.8 Å². The van der Waals surface area contributed by atoms with Crippen molar-refractivity contribution in [1.29, 1.82) is 0 Å². The van der Waals surface area contributed by atoms with Crippen LogP contribution in [0.5, 0.6) is 0 Å². The van der Waals surface area contributed by atoms with Gasteiger partial charge in [0.2, 0.25) is 11.8 Å². The molecule has 1 aliphatic carbocycles. The van der Waals surface area contributed by atoms with E-state index in [9.17, 15) is 14.0 Å². The van der Waals surface area contributed by atoms with Crippen LogP contribution in [0.1, 0.15) is 56.6 Å². The highest BCUT2D eigenvalue weighted by atomic mass is 19.1. The molecule has 2 aromatic carbocycles. The Kier molecular flexibility index (Phi) is 8.00. The number of benzene rings is 2. The number of nitrogens with one attached hydrogen (secondary N) is 1. The van der Waals surface area contributed by atoms with Gasteiger partial charge in [0.05, 0.1) is 6.42 Å². The second-order valence-corrected chi connectivity index (χ2v) is 8.04. The maximum atomic E-state index is 14.1. The van der Waals surface area contributed by atoms with Gasteiger partial charge in [-0.25, -0.2) is 4.39 Å². The lowest BCUT2D eigenvalue weighted by Gasteiger charge is -2.33. The number of hydrogen-bond donors (Lipinski definition) is 1. The smallest absolute Gasteiger partial charge is 0.243 e. The molecule has 2 amide bonds. The molecule has 30 heavy (non-hydrogen) atoms. The van der Waals surface area contributed by atoms with Gasteiger partial charge in [0.25, 0.3) is 0 Å². The normalized spacial score (nSPS) is 15.4. The van der Waals surface area contributed by atoms with Crippen molar-refractivity contribution in [2.24, 2.45) is 0 Å². The second kappa shape index (κ2) is 10.9. The number of amides is 2. The van der Waals surface area contributed by atoms with Crippen LogP contribution in [-0.4, -0.2) is 28.8 Å². The molecule has 0 aromatic heterocycles. The van der Waals surface area contributed by atoms with E-state index in [0.29, 0.717) is 18.5 Å². The van der Waals surface area contributed by atoms with Gasteiger partial charge in [-0.3, -0.25) is 9.59 Å². The Bertz CT molecular complexity index is 834. The minimum atomic E-state index is -0.577. The summed E-state index contributed by atoms with van der Waals surface area (Å²) in [5.41, 5.74) is 1.30. The third-order valence-electron chi connectivity index (χ3n) is 5.83. The van der Waals surface area contributed by atoms with Crippen molar-refractivity contribution in [1.82, 2.24) is 10.2 Å². The predicted molar refractivity (Wildman–Crippen MR) is 116 cm³/mol. The molecular weight excluding hydrogens is 379 g/mol. The van der Waals surface area contributed by atoms with Crippen molar-refractivity contribution < 1.29 is 14.0 Å². The van der Waals surface area contributed by atoms with Crippen molar-refractivity contribution in [3.05, 3.63) is 71.5 Å². The van der Waals surface area contributed by atoms with Crippen molar-refractivity contribution in [3.8, 4) is 0 Å². The van der Waals surface area contributed by atoms with E-state index in [1.165, 1.54) is 12.5 Å². The molecule has 3 rings (SSSR count). The molecule has 0 aliphatic heterocycles. The molecule has 5 heteroatoms. The number of halogens is 1. The molecule has 0 bridgehead atoms. The van der Waals surface area contributed by atoms with E-state index in [1.807, 2.05) is 37.3 Å². The first-order chi connectivity index (χ1) is 14.6. The van der Waals surface area contributed by atoms with Crippen molar-refractivity contribution in [2.75, 3.05) is 0 Å². The van der Waals surface area contributed by atoms with Gasteiger partial charge >= 0.3 is 0 Å². The Labute approximate surface area is 178 Å². The zero-order chi connectivity index (χ0) is 21.3. The van der Waals surface area contributed by atoms with Crippen LogP contribution in [0.3, 0.4) is 0 Å². The van der Waals surface area contributed by atoms with E-state index >= 15 is 0 Å². The second-order valence-electron chi connectivity index (χ2n) is 8.04. The number of hydrogen-bond acceptors (Lipinski definition) is 2. The highest BCUT2D eigenvalue weighted by molar-refractivity contribution is 5.88. The van der Waals surface area contributed by atoms with Crippen molar-refractivity contribution in [2.45, 2.75) is 70.5 Å². The van der Waals surface area contributed by atoms with Crippen LogP contribution in [0.25, 0.3) is 0 Å². The standard InChI is InChI=1S/C25H31FN2O2/c1-2-23(25(30)27-21-14-7-4-8-15-21)28(18-19-11-5-3-6-12-19)24(29)17-20-13-9-10-16-22(20)26/h3,5-6,9-13,16,21,23H,2,4,7-8,14-15,17-18H2,1H3,(H,27,30)/t23-/m1/s1. The number of carbonyl (C=O) groups excluding carboxylic acids is 2. The molecular formula is C25H31FN2O2. The quantitative estimate of drug-likeness (QED) is 0.690. The maximum Gasteiger partial charge on any atom is 0.243 e. The van der Waals surface area contributed by atoms with Crippen LogP contribution in [-0.2, 0) is 22.6 Å². The molecule has 160 valence electrons. The first-order valence-electron chi connectivity index (χ1n) is 11.0. The zero-order valence-corrected chi connectivity index (χ0v) is 17.6. The summed E-state index contributed by atoms with van der Waals surface area (Å²) in [5, 5.41) is 3.16. The van der Waals surface area contributed by atoms with Crippen LogP contribution in [0.15, 0.2) is 54.6 Å². The Morgan fingerprint density at radius 1 is 1.03 bits per heavy atom. The van der Waals surface area contributed by atoms with Crippen LogP contribution in [0.2, 0.25) is 0 Å². The van der Waals surface area contributed by atoms with Crippen LogP contribution in [0, 0.1) is 5.82 Å². The molecule has 0 saturated heterocycles. The summed E-state index contributed by atoms with van der Waals surface area (Å²) in [6, 6.07) is 15.5. The largest absolute Gasteiger partial charge is 0.352 e. The predicted octanol–water partition coefficient (Wildman–Crippen LogP) is 4.62. The molecule has 4 nitrogen and oxygen atoms in total. The van der Waals surface area contributed by atoms with Gasteiger partial charge in [0.15, 0.2) is 0 Å². The monoisotopic (exact) mass is 410 g/mol. The fraction of sp³-hybridized carbons (Fsp3) is 0.440. The minimum Gasteiger partial charge on any atom is -0.352 e. The van der Waals surface area contributed by atoms with Crippen LogP contribution >= 0.6 is 0 Å². The molecule has 1 atom stereocenters. The first kappa shape index (κ1) is 22.0. The minimum absolute atomic E-state index is 0.0628. The van der Waals surface area contributed by atoms with Crippen LogP contribution in [0.4, 0.5) is 4.39 Å². The van der Waals surface area contributed by atoms with Gasteiger partial charge in [-0.1, -0.05) is 74.7 Å². The lowest BCUT2D eigenvalue weighted by molar-refractivity contribution is -0.141. The van der Waals surface area contributed by atoms with Gasteiger partial charge in [-0.15, -0.1) is 0 Å². The Hall–Kier alpha value is -2.69. The fourth-order valence-corrected chi connectivity index (χ4v) is 4.15. The third kappa shape index (κ3) is 5.91. The number of rotatable bonds is 8. The summed E-state index contributed by atoms with van der Waals surface area (Å²) < 4.78 is 14.1. The maximum absolute atomic E-state index is 14.1. The average molecular weight is 411 g/mol. The average Bonchev–Trinajstić information content (AvgIpc) is 2.76. The van der Waals surface area contributed by atoms with Gasteiger partial charge in [-0.2, -0.15) is 0 Å². The molecule has 0 spiro atoms. The van der Waals surface area contributed by atoms with E-state index in [4.69, 9.17) is 0 Å². The molecule has 1 N–H and O–H groups in total. The van der Waals surface area contributed by atoms with E-state index in [-0.39, 0.29) is 24.3 Å². The van der Waals surface area contributed by atoms with E-state index in [2.05, 4.69) is 5.32 Å². The SMILES string of the molecule is CC[C@H](C(=O)NC1CCCCC1)N(Cc1ccccc1)C(=O)Cc1ccccc1F. The third-order valence-corrected chi connectivity index (χ3v) is 5.83. The van der Waals surface area contributed by atoms with Crippen molar-refractivity contribution in [3.63, 3.8) is 0 Å². The highest BCUT2D eigenvalue weighted by Crippen LogP contribution is 2.20. The van der Waals surface area contributed by atoms with Gasteiger partial charge < -0.3 is 10.2 Å². The fourth-order valence-electron chi connectivity index (χ4n) is 4.15. The molecule has 2 aromatic rings. The lowest BCUT2D eigenvalue weighted by atomic mass is 9.95. The highest BCUT2D eigenvalue weighted by Gasteiger charge is 2.30. The zero-order valence-electron chi connectivity index (χ0n) is 17.6. The summed E-state index contributed by atoms with van der Waals surface area (Å²) in [5.74, 6) is -0.748. The molecule has 0 heterocycles. The summed E-state index contributed by atoms with van der Waals surface area (Å²) in [4.78, 5) is 28.0. The first-order valence-corrected chi connectivity index (χ1v) is 11.0. The van der Waals surface area contributed by atoms with Gasteiger partial charge in [0.1, 0.15) is 11.9 Å². The molecule has 1 fully saturated rings. The molecule has 0 radical (unpaired) electrons. The summed E-state index contributed by atoms with van der Waals surface area (Å²) in [6.45, 7) is 2.24. The van der Waals surface area contributed by atoms with E-state index in [0.717, 1.165) is 31.2 Å². The molecule has 1 saturated carbocycles. The van der Waals surface area contributed by atoms with E-state index in [1.54, 1.807) is 23.1 Å². The topological polar surface area (TPSA) is 49.4 Å². The molecule has 0 unspecified atom stereocenters. The Balaban J connectivity index is 1.79. The van der Waals surface area contributed by atoms with Gasteiger partial charge in [0, 0.05) is 12.6 Å². The lowest BCUT2D eigenvalue weighted by Crippen LogP contribution is -2.52. The Morgan fingerprint density at radius 3 is 2.37 bits per heavy atom. The Morgan fingerprint density at radius 2 is 1.70 bits per heavy atom.